The molecule has 1 unspecified atom stereocenters. The number of hydrogen-bond acceptors (Lipinski definition) is 5. The number of guanidine groups is 1. The van der Waals surface area contributed by atoms with Gasteiger partial charge in [-0.15, -0.1) is 24.0 Å². The van der Waals surface area contributed by atoms with E-state index in [0.29, 0.717) is 29.7 Å². The number of aliphatic imine (C=N–C) groups is 1. The average molecular weight is 544 g/mol. The Morgan fingerprint density at radius 1 is 1.19 bits per heavy atom. The van der Waals surface area contributed by atoms with Gasteiger partial charge in [-0.25, -0.2) is 4.79 Å². The van der Waals surface area contributed by atoms with Gasteiger partial charge < -0.3 is 25.0 Å². The van der Waals surface area contributed by atoms with Gasteiger partial charge in [-0.05, 0) is 37.0 Å². The lowest BCUT2D eigenvalue weighted by molar-refractivity contribution is -0.134. The highest BCUT2D eigenvalue weighted by molar-refractivity contribution is 14.0. The van der Waals surface area contributed by atoms with Gasteiger partial charge in [0.2, 0.25) is 5.91 Å². The first-order valence-electron chi connectivity index (χ1n) is 10.6. The molecule has 31 heavy (non-hydrogen) atoms. The van der Waals surface area contributed by atoms with Crippen molar-refractivity contribution in [3.8, 4) is 5.75 Å². The van der Waals surface area contributed by atoms with Crippen LogP contribution in [0.15, 0.2) is 23.2 Å². The second kappa shape index (κ2) is 12.1. The third-order valence-electron chi connectivity index (χ3n) is 5.90. The molecule has 0 spiro atoms. The molecule has 1 saturated heterocycles. The smallest absolute Gasteiger partial charge is 0.341 e. The fraction of sp³-hybridized carbons (Fsp3) is 0.591. The zero-order chi connectivity index (χ0) is 21.5. The van der Waals surface area contributed by atoms with E-state index in [1.54, 1.807) is 13.1 Å². The van der Waals surface area contributed by atoms with Crippen molar-refractivity contribution in [3.05, 3.63) is 29.3 Å². The molecule has 9 heteroatoms. The number of esters is 1. The normalized spacial score (nSPS) is 19.0. The molecule has 1 saturated carbocycles. The van der Waals surface area contributed by atoms with Crippen LogP contribution < -0.4 is 15.4 Å². The summed E-state index contributed by atoms with van der Waals surface area (Å²) in [5.41, 5.74) is 1.34. The highest BCUT2D eigenvalue weighted by Crippen LogP contribution is 2.28. The van der Waals surface area contributed by atoms with Gasteiger partial charge in [0.25, 0.3) is 0 Å². The standard InChI is InChI=1S/C22H32N4O4.HI/c1-23-22(24-13-15-8-9-18(21(28)30-3)19(12-15)29-2)25-17-10-11-26(14-17)20(27)16-6-4-5-7-16;/h8-9,12,16-17H,4-7,10-11,13-14H2,1-3H3,(H2,23,24,25);1H. The van der Waals surface area contributed by atoms with E-state index >= 15 is 0 Å². The zero-order valence-corrected chi connectivity index (χ0v) is 20.8. The molecule has 8 nitrogen and oxygen atoms in total. The minimum atomic E-state index is -0.429. The molecule has 1 aliphatic carbocycles. The summed E-state index contributed by atoms with van der Waals surface area (Å²) in [6.45, 7) is 2.04. The molecule has 0 aromatic heterocycles. The molecule has 1 aliphatic heterocycles. The number of amides is 1. The van der Waals surface area contributed by atoms with Gasteiger partial charge >= 0.3 is 5.97 Å². The number of nitrogens with zero attached hydrogens (tertiary/aromatic N) is 2. The molecule has 0 radical (unpaired) electrons. The SMILES string of the molecule is CN=C(NCc1ccc(C(=O)OC)c(OC)c1)NC1CCN(C(=O)C2CCCC2)C1.I. The first-order valence-corrected chi connectivity index (χ1v) is 10.6. The minimum absolute atomic E-state index is 0. The molecule has 1 aromatic rings. The summed E-state index contributed by atoms with van der Waals surface area (Å²) in [7, 11) is 4.60. The van der Waals surface area contributed by atoms with Crippen LogP contribution in [0.3, 0.4) is 0 Å². The summed E-state index contributed by atoms with van der Waals surface area (Å²) in [6.07, 6.45) is 5.34. The summed E-state index contributed by atoms with van der Waals surface area (Å²) >= 11 is 0. The summed E-state index contributed by atoms with van der Waals surface area (Å²) < 4.78 is 10.1. The molecule has 2 fully saturated rings. The number of likely N-dealkylation sites (tertiary alicyclic amines) is 1. The maximum Gasteiger partial charge on any atom is 0.341 e. The van der Waals surface area contributed by atoms with Crippen molar-refractivity contribution in [1.29, 1.82) is 0 Å². The summed E-state index contributed by atoms with van der Waals surface area (Å²) in [4.78, 5) is 30.7. The number of benzene rings is 1. The van der Waals surface area contributed by atoms with Crippen molar-refractivity contribution >= 4 is 41.8 Å². The van der Waals surface area contributed by atoms with Crippen LogP contribution >= 0.6 is 24.0 Å². The largest absolute Gasteiger partial charge is 0.496 e. The van der Waals surface area contributed by atoms with E-state index in [0.717, 1.165) is 37.9 Å². The monoisotopic (exact) mass is 544 g/mol. The molecule has 1 heterocycles. The molecule has 2 N–H and O–H groups in total. The van der Waals surface area contributed by atoms with E-state index in [1.165, 1.54) is 27.1 Å². The van der Waals surface area contributed by atoms with Crippen molar-refractivity contribution in [2.75, 3.05) is 34.4 Å². The van der Waals surface area contributed by atoms with Crippen LogP contribution in [0.25, 0.3) is 0 Å². The van der Waals surface area contributed by atoms with E-state index in [2.05, 4.69) is 15.6 Å². The first-order chi connectivity index (χ1) is 14.5. The Bertz CT molecular complexity index is 796. The van der Waals surface area contributed by atoms with Crippen LogP contribution in [0.1, 0.15) is 48.0 Å². The number of nitrogens with one attached hydrogen (secondary N) is 2. The number of methoxy groups -OCH3 is 2. The van der Waals surface area contributed by atoms with Gasteiger partial charge in [0.15, 0.2) is 5.96 Å². The lowest BCUT2D eigenvalue weighted by Gasteiger charge is -2.21. The van der Waals surface area contributed by atoms with Gasteiger partial charge in [0.05, 0.1) is 14.2 Å². The Hall–Kier alpha value is -2.04. The second-order valence-electron chi connectivity index (χ2n) is 7.85. The van der Waals surface area contributed by atoms with E-state index in [4.69, 9.17) is 9.47 Å². The number of carbonyl (C=O) groups is 2. The van der Waals surface area contributed by atoms with Crippen LogP contribution in [-0.4, -0.2) is 63.1 Å². The van der Waals surface area contributed by atoms with Crippen LogP contribution in [0.5, 0.6) is 5.75 Å². The Kier molecular flexibility index (Phi) is 9.86. The summed E-state index contributed by atoms with van der Waals surface area (Å²) in [5.74, 6) is 1.27. The predicted octanol–water partition coefficient (Wildman–Crippen LogP) is 2.56. The number of halogens is 1. The van der Waals surface area contributed by atoms with Gasteiger partial charge in [0, 0.05) is 38.6 Å². The fourth-order valence-corrected chi connectivity index (χ4v) is 4.21. The molecular weight excluding hydrogens is 511 g/mol. The number of carbonyl (C=O) groups excluding carboxylic acids is 2. The molecule has 172 valence electrons. The van der Waals surface area contributed by atoms with Crippen LogP contribution in [-0.2, 0) is 16.1 Å². The molecule has 3 rings (SSSR count). The highest BCUT2D eigenvalue weighted by Gasteiger charge is 2.32. The van der Waals surface area contributed by atoms with Gasteiger partial charge in [-0.3, -0.25) is 9.79 Å². The third-order valence-corrected chi connectivity index (χ3v) is 5.90. The third kappa shape index (κ3) is 6.47. The molecule has 0 bridgehead atoms. The Morgan fingerprint density at radius 2 is 1.94 bits per heavy atom. The van der Waals surface area contributed by atoms with Crippen molar-refractivity contribution in [2.24, 2.45) is 10.9 Å². The topological polar surface area (TPSA) is 92.3 Å². The van der Waals surface area contributed by atoms with Crippen molar-refractivity contribution in [2.45, 2.75) is 44.7 Å². The lowest BCUT2D eigenvalue weighted by Crippen LogP contribution is -2.45. The van der Waals surface area contributed by atoms with Gasteiger partial charge in [-0.2, -0.15) is 0 Å². The lowest BCUT2D eigenvalue weighted by atomic mass is 10.1. The Balaban J connectivity index is 0.00000341. The molecule has 1 amide bonds. The van der Waals surface area contributed by atoms with Crippen molar-refractivity contribution in [3.63, 3.8) is 0 Å². The van der Waals surface area contributed by atoms with Gasteiger partial charge in [-0.1, -0.05) is 18.9 Å². The van der Waals surface area contributed by atoms with E-state index in [-0.39, 0.29) is 35.9 Å². The maximum atomic E-state index is 12.6. The molecule has 1 aromatic carbocycles. The van der Waals surface area contributed by atoms with Crippen LogP contribution in [0.4, 0.5) is 0 Å². The second-order valence-corrected chi connectivity index (χ2v) is 7.85. The van der Waals surface area contributed by atoms with E-state index in [9.17, 15) is 9.59 Å². The molecular formula is C22H33IN4O4. The van der Waals surface area contributed by atoms with Crippen molar-refractivity contribution in [1.82, 2.24) is 15.5 Å². The maximum absolute atomic E-state index is 12.6. The van der Waals surface area contributed by atoms with E-state index in [1.807, 2.05) is 17.0 Å². The first kappa shape index (κ1) is 25.2. The average Bonchev–Trinajstić information content (AvgIpc) is 3.47. The summed E-state index contributed by atoms with van der Waals surface area (Å²) in [6, 6.07) is 5.55. The number of ether oxygens (including phenoxy) is 2. The zero-order valence-electron chi connectivity index (χ0n) is 18.5. The molecule has 2 aliphatic rings. The minimum Gasteiger partial charge on any atom is -0.496 e. The Labute approximate surface area is 201 Å². The quantitative estimate of drug-likeness (QED) is 0.248. The Morgan fingerprint density at radius 3 is 2.58 bits per heavy atom. The number of hydrogen-bond donors (Lipinski definition) is 2. The van der Waals surface area contributed by atoms with Crippen molar-refractivity contribution < 1.29 is 19.1 Å². The number of rotatable bonds is 6. The van der Waals surface area contributed by atoms with Crippen LogP contribution in [0.2, 0.25) is 0 Å². The van der Waals surface area contributed by atoms with Crippen LogP contribution in [0, 0.1) is 5.92 Å². The summed E-state index contributed by atoms with van der Waals surface area (Å²) in [5, 5.41) is 6.71. The fourth-order valence-electron chi connectivity index (χ4n) is 4.21. The highest BCUT2D eigenvalue weighted by atomic mass is 127. The predicted molar refractivity (Wildman–Crippen MR) is 130 cm³/mol. The van der Waals surface area contributed by atoms with E-state index < -0.39 is 5.97 Å². The molecule has 1 atom stereocenters. The van der Waals surface area contributed by atoms with Gasteiger partial charge in [0.1, 0.15) is 11.3 Å².